The summed E-state index contributed by atoms with van der Waals surface area (Å²) in [6.07, 6.45) is 4.31. The predicted octanol–water partition coefficient (Wildman–Crippen LogP) is 2.75. The molecule has 0 saturated carbocycles. The Hall–Kier alpha value is -1.58. The highest BCUT2D eigenvalue weighted by Crippen LogP contribution is 2.26. The molecule has 0 aromatic heterocycles. The first-order valence-corrected chi connectivity index (χ1v) is 12.0. The second-order valence-corrected chi connectivity index (χ2v) is 10.7. The van der Waals surface area contributed by atoms with Gasteiger partial charge in [0, 0.05) is 31.1 Å². The fourth-order valence-electron chi connectivity index (χ4n) is 4.23. The zero-order valence-electron chi connectivity index (χ0n) is 17.7. The number of piperidine rings is 2. The fourth-order valence-corrected chi connectivity index (χ4v) is 5.78. The maximum absolute atomic E-state index is 14.0. The van der Waals surface area contributed by atoms with E-state index in [1.807, 2.05) is 0 Å². The molecule has 1 aromatic carbocycles. The van der Waals surface area contributed by atoms with Crippen molar-refractivity contribution in [1.82, 2.24) is 14.5 Å². The van der Waals surface area contributed by atoms with Crippen LogP contribution in [0.3, 0.4) is 0 Å². The molecule has 2 saturated heterocycles. The first kappa shape index (κ1) is 23.1. The SMILES string of the molecule is CC(C)(CNC(=O)C1CCN(S(=O)(=O)c2cc(F)ccc2F)CC1)N1CCCCC1. The molecule has 9 heteroatoms. The van der Waals surface area contributed by atoms with Crippen LogP contribution in [-0.4, -0.2) is 61.8 Å². The summed E-state index contributed by atoms with van der Waals surface area (Å²) in [4.78, 5) is 14.4. The Morgan fingerprint density at radius 1 is 1.10 bits per heavy atom. The van der Waals surface area contributed by atoms with Crippen LogP contribution in [0.4, 0.5) is 8.78 Å². The Balaban J connectivity index is 1.54. The highest BCUT2D eigenvalue weighted by Gasteiger charge is 2.35. The minimum Gasteiger partial charge on any atom is -0.354 e. The number of halogens is 2. The van der Waals surface area contributed by atoms with Crippen LogP contribution in [0.1, 0.15) is 46.0 Å². The lowest BCUT2D eigenvalue weighted by Gasteiger charge is -2.41. The minimum atomic E-state index is -4.13. The lowest BCUT2D eigenvalue weighted by molar-refractivity contribution is -0.126. The lowest BCUT2D eigenvalue weighted by atomic mass is 9.95. The molecule has 0 unspecified atom stereocenters. The largest absolute Gasteiger partial charge is 0.354 e. The van der Waals surface area contributed by atoms with Gasteiger partial charge in [0.25, 0.3) is 0 Å². The Kier molecular flexibility index (Phi) is 7.14. The Bertz CT molecular complexity index is 862. The summed E-state index contributed by atoms with van der Waals surface area (Å²) in [5, 5.41) is 3.03. The molecule has 2 aliphatic rings. The van der Waals surface area contributed by atoms with E-state index in [1.54, 1.807) is 0 Å². The molecule has 1 N–H and O–H groups in total. The van der Waals surface area contributed by atoms with Crippen LogP contribution >= 0.6 is 0 Å². The van der Waals surface area contributed by atoms with E-state index < -0.39 is 26.6 Å². The molecule has 0 spiro atoms. The van der Waals surface area contributed by atoms with E-state index in [9.17, 15) is 22.0 Å². The van der Waals surface area contributed by atoms with Gasteiger partial charge >= 0.3 is 0 Å². The average Bonchev–Trinajstić information content (AvgIpc) is 2.74. The van der Waals surface area contributed by atoms with Gasteiger partial charge in [0.15, 0.2) is 0 Å². The third-order valence-corrected chi connectivity index (χ3v) is 8.16. The van der Waals surface area contributed by atoms with Crippen LogP contribution in [0.5, 0.6) is 0 Å². The molecule has 1 amide bonds. The van der Waals surface area contributed by atoms with E-state index in [0.29, 0.717) is 25.5 Å². The molecule has 0 atom stereocenters. The Morgan fingerprint density at radius 2 is 1.73 bits per heavy atom. The number of carbonyl (C=O) groups is 1. The maximum atomic E-state index is 14.0. The van der Waals surface area contributed by atoms with Crippen molar-refractivity contribution in [1.29, 1.82) is 0 Å². The minimum absolute atomic E-state index is 0.0749. The molecule has 0 bridgehead atoms. The predicted molar refractivity (Wildman–Crippen MR) is 110 cm³/mol. The van der Waals surface area contributed by atoms with Gasteiger partial charge < -0.3 is 5.32 Å². The van der Waals surface area contributed by atoms with Crippen LogP contribution in [0, 0.1) is 17.6 Å². The van der Waals surface area contributed by atoms with Gasteiger partial charge in [-0.2, -0.15) is 4.31 Å². The van der Waals surface area contributed by atoms with E-state index in [0.717, 1.165) is 29.5 Å². The number of hydrogen-bond acceptors (Lipinski definition) is 4. The van der Waals surface area contributed by atoms with Gasteiger partial charge in [0.2, 0.25) is 15.9 Å². The molecule has 2 aliphatic heterocycles. The van der Waals surface area contributed by atoms with Crippen molar-refractivity contribution < 1.29 is 22.0 Å². The molecule has 6 nitrogen and oxygen atoms in total. The number of carbonyl (C=O) groups excluding carboxylic acids is 1. The number of hydrogen-bond donors (Lipinski definition) is 1. The molecular formula is C21H31F2N3O3S. The topological polar surface area (TPSA) is 69.7 Å². The van der Waals surface area contributed by atoms with Gasteiger partial charge in [0.1, 0.15) is 16.5 Å². The Labute approximate surface area is 177 Å². The van der Waals surface area contributed by atoms with Gasteiger partial charge in [0.05, 0.1) is 0 Å². The number of sulfonamides is 1. The molecular weight excluding hydrogens is 412 g/mol. The monoisotopic (exact) mass is 443 g/mol. The first-order chi connectivity index (χ1) is 14.1. The standard InChI is InChI=1S/C21H31F2N3O3S/c1-21(2,25-10-4-3-5-11-25)15-24-20(27)16-8-12-26(13-9-16)30(28,29)19-14-17(22)6-7-18(19)23/h6-7,14,16H,3-5,8-13,15H2,1-2H3,(H,24,27). The summed E-state index contributed by atoms with van der Waals surface area (Å²) in [6.45, 7) is 7.07. The zero-order chi connectivity index (χ0) is 21.9. The second-order valence-electron chi connectivity index (χ2n) is 8.83. The van der Waals surface area contributed by atoms with Gasteiger partial charge in [-0.25, -0.2) is 17.2 Å². The zero-order valence-corrected chi connectivity index (χ0v) is 18.5. The van der Waals surface area contributed by atoms with Crippen molar-refractivity contribution in [3.8, 4) is 0 Å². The highest BCUT2D eigenvalue weighted by molar-refractivity contribution is 7.89. The average molecular weight is 444 g/mol. The van der Waals surface area contributed by atoms with E-state index in [-0.39, 0.29) is 30.5 Å². The van der Waals surface area contributed by atoms with E-state index >= 15 is 0 Å². The maximum Gasteiger partial charge on any atom is 0.246 e. The van der Waals surface area contributed by atoms with Gasteiger partial charge in [-0.1, -0.05) is 6.42 Å². The van der Waals surface area contributed by atoms with Crippen molar-refractivity contribution in [2.75, 3.05) is 32.7 Å². The third-order valence-electron chi connectivity index (χ3n) is 6.24. The molecule has 30 heavy (non-hydrogen) atoms. The van der Waals surface area contributed by atoms with Gasteiger partial charge in [-0.05, 0) is 70.8 Å². The fraction of sp³-hybridized carbons (Fsp3) is 0.667. The van der Waals surface area contributed by atoms with Crippen LogP contribution in [0.2, 0.25) is 0 Å². The van der Waals surface area contributed by atoms with Crippen LogP contribution < -0.4 is 5.32 Å². The number of rotatable bonds is 6. The third kappa shape index (κ3) is 5.18. The molecule has 1 aromatic rings. The van der Waals surface area contributed by atoms with Gasteiger partial charge in [-0.3, -0.25) is 9.69 Å². The molecule has 2 heterocycles. The lowest BCUT2D eigenvalue weighted by Crippen LogP contribution is -2.54. The van der Waals surface area contributed by atoms with Crippen LogP contribution in [-0.2, 0) is 14.8 Å². The number of nitrogens with one attached hydrogen (secondary N) is 1. The summed E-state index contributed by atoms with van der Waals surface area (Å²) in [5.74, 6) is -2.14. The van der Waals surface area contributed by atoms with E-state index in [2.05, 4.69) is 24.1 Å². The highest BCUT2D eigenvalue weighted by atomic mass is 32.2. The van der Waals surface area contributed by atoms with Crippen molar-refractivity contribution in [2.45, 2.75) is 56.4 Å². The normalized spacial score (nSPS) is 20.3. The smallest absolute Gasteiger partial charge is 0.246 e. The van der Waals surface area contributed by atoms with E-state index in [4.69, 9.17) is 0 Å². The van der Waals surface area contributed by atoms with E-state index in [1.165, 1.54) is 19.3 Å². The summed E-state index contributed by atoms with van der Waals surface area (Å²) >= 11 is 0. The van der Waals surface area contributed by atoms with Crippen LogP contribution in [0.25, 0.3) is 0 Å². The van der Waals surface area contributed by atoms with Gasteiger partial charge in [-0.15, -0.1) is 0 Å². The first-order valence-electron chi connectivity index (χ1n) is 10.6. The molecule has 3 rings (SSSR count). The molecule has 0 aliphatic carbocycles. The van der Waals surface area contributed by atoms with Crippen LogP contribution in [0.15, 0.2) is 23.1 Å². The molecule has 168 valence electrons. The summed E-state index contributed by atoms with van der Waals surface area (Å²) < 4.78 is 53.9. The van der Waals surface area contributed by atoms with Crippen molar-refractivity contribution >= 4 is 15.9 Å². The quantitative estimate of drug-likeness (QED) is 0.734. The Morgan fingerprint density at radius 3 is 2.37 bits per heavy atom. The summed E-state index contributed by atoms with van der Waals surface area (Å²) in [5.41, 5.74) is -0.130. The molecule has 0 radical (unpaired) electrons. The number of likely N-dealkylation sites (tertiary alicyclic amines) is 1. The van der Waals surface area contributed by atoms with Crippen molar-refractivity contribution in [3.63, 3.8) is 0 Å². The summed E-state index contributed by atoms with van der Waals surface area (Å²) in [6, 6.07) is 2.40. The number of benzene rings is 1. The number of amides is 1. The van der Waals surface area contributed by atoms with Crippen molar-refractivity contribution in [3.05, 3.63) is 29.8 Å². The second kappa shape index (κ2) is 9.28. The van der Waals surface area contributed by atoms with Crippen molar-refractivity contribution in [2.24, 2.45) is 5.92 Å². The number of nitrogens with zero attached hydrogens (tertiary/aromatic N) is 2. The molecule has 2 fully saturated rings. The summed E-state index contributed by atoms with van der Waals surface area (Å²) in [7, 11) is -4.13.